The molecule has 1 aliphatic heterocycles. The summed E-state index contributed by atoms with van der Waals surface area (Å²) in [6.45, 7) is 0.289. The van der Waals surface area contributed by atoms with E-state index in [0.29, 0.717) is 29.9 Å². The van der Waals surface area contributed by atoms with Crippen molar-refractivity contribution in [2.45, 2.75) is 19.4 Å². The molecule has 144 valence electrons. The predicted molar refractivity (Wildman–Crippen MR) is 112 cm³/mol. The SMILES string of the molecule is O=C1CCc2cc(C(=O)NCc3ccc(-c4nc5ccccc5s4)o3)ccc2N1. The van der Waals surface area contributed by atoms with Gasteiger partial charge in [0.2, 0.25) is 5.91 Å². The number of anilines is 1. The third kappa shape index (κ3) is 3.52. The van der Waals surface area contributed by atoms with Gasteiger partial charge in [0.15, 0.2) is 10.8 Å². The maximum absolute atomic E-state index is 12.5. The van der Waals surface area contributed by atoms with E-state index in [9.17, 15) is 9.59 Å². The second kappa shape index (κ2) is 7.18. The molecule has 0 spiro atoms. The molecular formula is C22H17N3O3S. The number of aromatic nitrogens is 1. The van der Waals surface area contributed by atoms with Gasteiger partial charge >= 0.3 is 0 Å². The monoisotopic (exact) mass is 403 g/mol. The number of fused-ring (bicyclic) bond motifs is 2. The quantitative estimate of drug-likeness (QED) is 0.530. The fourth-order valence-corrected chi connectivity index (χ4v) is 4.29. The zero-order valence-electron chi connectivity index (χ0n) is 15.4. The molecule has 5 rings (SSSR count). The minimum Gasteiger partial charge on any atom is -0.457 e. The van der Waals surface area contributed by atoms with Crippen LogP contribution in [0.1, 0.15) is 28.1 Å². The number of aryl methyl sites for hydroxylation is 1. The number of benzene rings is 2. The van der Waals surface area contributed by atoms with Crippen LogP contribution in [0.3, 0.4) is 0 Å². The molecule has 0 radical (unpaired) electrons. The van der Waals surface area contributed by atoms with Crippen molar-refractivity contribution in [1.82, 2.24) is 10.3 Å². The average molecular weight is 403 g/mol. The summed E-state index contributed by atoms with van der Waals surface area (Å²) in [5, 5.41) is 6.53. The van der Waals surface area contributed by atoms with E-state index in [2.05, 4.69) is 15.6 Å². The van der Waals surface area contributed by atoms with E-state index >= 15 is 0 Å². The van der Waals surface area contributed by atoms with Crippen LogP contribution in [0.5, 0.6) is 0 Å². The summed E-state index contributed by atoms with van der Waals surface area (Å²) in [5.74, 6) is 1.19. The molecule has 7 heteroatoms. The second-order valence-corrected chi connectivity index (χ2v) is 7.89. The third-order valence-corrected chi connectivity index (χ3v) is 5.90. The van der Waals surface area contributed by atoms with Gasteiger partial charge in [0, 0.05) is 17.7 Å². The van der Waals surface area contributed by atoms with E-state index in [1.165, 1.54) is 0 Å². The Bertz CT molecular complexity index is 1210. The Labute approximate surface area is 170 Å². The fourth-order valence-electron chi connectivity index (χ4n) is 3.36. The number of amides is 2. The molecule has 2 amide bonds. The van der Waals surface area contributed by atoms with Crippen LogP contribution in [0.15, 0.2) is 59.0 Å². The minimum atomic E-state index is -0.178. The summed E-state index contributed by atoms with van der Waals surface area (Å²) in [6.07, 6.45) is 1.09. The van der Waals surface area contributed by atoms with Gasteiger partial charge in [-0.3, -0.25) is 9.59 Å². The van der Waals surface area contributed by atoms with Gasteiger partial charge in [-0.25, -0.2) is 4.98 Å². The molecule has 0 fully saturated rings. The molecule has 2 aromatic carbocycles. The number of furan rings is 1. The van der Waals surface area contributed by atoms with Gasteiger partial charge in [-0.1, -0.05) is 12.1 Å². The van der Waals surface area contributed by atoms with Gasteiger partial charge in [-0.15, -0.1) is 11.3 Å². The molecule has 0 atom stereocenters. The lowest BCUT2D eigenvalue weighted by Crippen LogP contribution is -2.24. The van der Waals surface area contributed by atoms with Gasteiger partial charge in [-0.05, 0) is 54.4 Å². The van der Waals surface area contributed by atoms with Gasteiger partial charge in [0.1, 0.15) is 5.76 Å². The first-order chi connectivity index (χ1) is 14.2. The molecule has 6 nitrogen and oxygen atoms in total. The molecule has 0 aliphatic carbocycles. The maximum atomic E-state index is 12.5. The van der Waals surface area contributed by atoms with E-state index < -0.39 is 0 Å². The molecular weight excluding hydrogens is 386 g/mol. The van der Waals surface area contributed by atoms with E-state index in [0.717, 1.165) is 26.5 Å². The zero-order chi connectivity index (χ0) is 19.8. The number of hydrogen-bond donors (Lipinski definition) is 2. The first-order valence-corrected chi connectivity index (χ1v) is 10.1. The first kappa shape index (κ1) is 17.6. The maximum Gasteiger partial charge on any atom is 0.251 e. The van der Waals surface area contributed by atoms with Crippen molar-refractivity contribution >= 4 is 39.1 Å². The smallest absolute Gasteiger partial charge is 0.251 e. The van der Waals surface area contributed by atoms with Crippen molar-refractivity contribution in [2.24, 2.45) is 0 Å². The van der Waals surface area contributed by atoms with E-state index in [-0.39, 0.29) is 18.4 Å². The Kier molecular flexibility index (Phi) is 4.37. The molecule has 29 heavy (non-hydrogen) atoms. The lowest BCUT2D eigenvalue weighted by Gasteiger charge is -2.17. The Balaban J connectivity index is 1.27. The Morgan fingerprint density at radius 2 is 2.03 bits per heavy atom. The standard InChI is InChI=1S/C22H17N3O3S/c26-20-10-6-13-11-14(5-8-16(13)24-20)21(27)23-12-15-7-9-18(28-15)22-25-17-3-1-2-4-19(17)29-22/h1-5,7-9,11H,6,10,12H2,(H,23,27)(H,24,26). The van der Waals surface area contributed by atoms with Crippen LogP contribution >= 0.6 is 11.3 Å². The van der Waals surface area contributed by atoms with E-state index in [4.69, 9.17) is 4.42 Å². The number of nitrogens with one attached hydrogen (secondary N) is 2. The summed E-state index contributed by atoms with van der Waals surface area (Å²) in [6, 6.07) is 17.0. The van der Waals surface area contributed by atoms with Crippen LogP contribution in [0.2, 0.25) is 0 Å². The van der Waals surface area contributed by atoms with E-state index in [1.807, 2.05) is 42.5 Å². The summed E-state index contributed by atoms with van der Waals surface area (Å²) >= 11 is 1.58. The van der Waals surface area contributed by atoms with Gasteiger partial charge in [0.05, 0.1) is 16.8 Å². The van der Waals surface area contributed by atoms with Crippen LogP contribution in [0, 0.1) is 0 Å². The molecule has 0 unspecified atom stereocenters. The van der Waals surface area contributed by atoms with Crippen molar-refractivity contribution in [3.8, 4) is 10.8 Å². The number of hydrogen-bond acceptors (Lipinski definition) is 5. The van der Waals surface area contributed by atoms with Crippen LogP contribution in [-0.4, -0.2) is 16.8 Å². The number of rotatable bonds is 4. The van der Waals surface area contributed by atoms with Crippen LogP contribution in [0.4, 0.5) is 5.69 Å². The predicted octanol–water partition coefficient (Wildman–Crippen LogP) is 4.37. The number of carbonyl (C=O) groups is 2. The van der Waals surface area contributed by atoms with Gasteiger partial charge < -0.3 is 15.1 Å². The van der Waals surface area contributed by atoms with Crippen molar-refractivity contribution in [3.63, 3.8) is 0 Å². The molecule has 0 bridgehead atoms. The molecule has 0 saturated heterocycles. The minimum absolute atomic E-state index is 0.0106. The topological polar surface area (TPSA) is 84.2 Å². The molecule has 1 aliphatic rings. The first-order valence-electron chi connectivity index (χ1n) is 9.31. The Morgan fingerprint density at radius 3 is 2.93 bits per heavy atom. The molecule has 4 aromatic rings. The second-order valence-electron chi connectivity index (χ2n) is 6.86. The van der Waals surface area contributed by atoms with Crippen molar-refractivity contribution < 1.29 is 14.0 Å². The summed E-state index contributed by atoms with van der Waals surface area (Å²) in [5.41, 5.74) is 3.28. The summed E-state index contributed by atoms with van der Waals surface area (Å²) in [7, 11) is 0. The number of thiazole rings is 1. The Morgan fingerprint density at radius 1 is 1.14 bits per heavy atom. The molecule has 3 heterocycles. The van der Waals surface area contributed by atoms with Gasteiger partial charge in [0.25, 0.3) is 5.91 Å². The highest BCUT2D eigenvalue weighted by molar-refractivity contribution is 7.21. The molecule has 0 saturated carbocycles. The Hall–Kier alpha value is -3.45. The summed E-state index contributed by atoms with van der Waals surface area (Å²) < 4.78 is 6.98. The van der Waals surface area contributed by atoms with Crippen LogP contribution < -0.4 is 10.6 Å². The normalized spacial score (nSPS) is 13.2. The highest BCUT2D eigenvalue weighted by Crippen LogP contribution is 2.31. The molecule has 2 N–H and O–H groups in total. The van der Waals surface area contributed by atoms with Crippen molar-refractivity contribution in [2.75, 3.05) is 5.32 Å². The third-order valence-electron chi connectivity index (χ3n) is 4.85. The lowest BCUT2D eigenvalue weighted by atomic mass is 10.00. The molecule has 2 aromatic heterocycles. The highest BCUT2D eigenvalue weighted by atomic mass is 32.1. The number of carbonyl (C=O) groups excluding carboxylic acids is 2. The fraction of sp³-hybridized carbons (Fsp3) is 0.136. The van der Waals surface area contributed by atoms with Crippen LogP contribution in [-0.2, 0) is 17.8 Å². The number of nitrogens with zero attached hydrogens (tertiary/aromatic N) is 1. The van der Waals surface area contributed by atoms with Gasteiger partial charge in [-0.2, -0.15) is 0 Å². The van der Waals surface area contributed by atoms with Crippen LogP contribution in [0.25, 0.3) is 21.0 Å². The largest absolute Gasteiger partial charge is 0.457 e. The number of para-hydroxylation sites is 1. The summed E-state index contributed by atoms with van der Waals surface area (Å²) in [4.78, 5) is 28.6. The van der Waals surface area contributed by atoms with E-state index in [1.54, 1.807) is 23.5 Å². The van der Waals surface area contributed by atoms with Crippen molar-refractivity contribution in [1.29, 1.82) is 0 Å². The zero-order valence-corrected chi connectivity index (χ0v) is 16.2. The lowest BCUT2D eigenvalue weighted by molar-refractivity contribution is -0.116. The van der Waals surface area contributed by atoms with Crippen molar-refractivity contribution in [3.05, 3.63) is 71.5 Å². The average Bonchev–Trinajstić information content (AvgIpc) is 3.38. The highest BCUT2D eigenvalue weighted by Gasteiger charge is 2.17.